The van der Waals surface area contributed by atoms with Crippen LogP contribution in [-0.4, -0.2) is 40.8 Å². The van der Waals surface area contributed by atoms with Gasteiger partial charge in [-0.25, -0.2) is 4.98 Å². The number of hydrogen-bond acceptors (Lipinski definition) is 5. The molecule has 2 atom stereocenters. The molecule has 144 valence electrons. The summed E-state index contributed by atoms with van der Waals surface area (Å²) in [6.07, 6.45) is 1.23. The first kappa shape index (κ1) is 24.1. The summed E-state index contributed by atoms with van der Waals surface area (Å²) in [4.78, 5) is 30.6. The fraction of sp³-hybridized carbons (Fsp3) is 0.688. The number of amides is 2. The number of likely N-dealkylation sites (tertiary alicyclic amines) is 1. The summed E-state index contributed by atoms with van der Waals surface area (Å²) >= 11 is 1.35. The Kier molecular flexibility index (Phi) is 9.36. The third-order valence-corrected chi connectivity index (χ3v) is 4.91. The van der Waals surface area contributed by atoms with Crippen LogP contribution in [0.1, 0.15) is 39.8 Å². The van der Waals surface area contributed by atoms with Crippen LogP contribution in [0.5, 0.6) is 0 Å². The maximum atomic E-state index is 12.4. The molecule has 1 saturated heterocycles. The molecule has 25 heavy (non-hydrogen) atoms. The monoisotopic (exact) mass is 410 g/mol. The van der Waals surface area contributed by atoms with Crippen molar-refractivity contribution in [3.05, 3.63) is 11.1 Å². The zero-order chi connectivity index (χ0) is 17.2. The van der Waals surface area contributed by atoms with E-state index in [1.54, 1.807) is 0 Å². The molecule has 3 N–H and O–H groups in total. The molecule has 6 nitrogen and oxygen atoms in total. The number of carbonyl (C=O) groups excluding carboxylic acids is 2. The van der Waals surface area contributed by atoms with Crippen LogP contribution < -0.4 is 11.1 Å². The molecule has 2 unspecified atom stereocenters. The van der Waals surface area contributed by atoms with Gasteiger partial charge in [0.15, 0.2) is 5.13 Å². The van der Waals surface area contributed by atoms with Gasteiger partial charge < -0.3 is 16.0 Å². The van der Waals surface area contributed by atoms with E-state index in [4.69, 9.17) is 5.73 Å². The van der Waals surface area contributed by atoms with E-state index in [0.29, 0.717) is 23.3 Å². The molecule has 2 heterocycles. The molecule has 1 fully saturated rings. The van der Waals surface area contributed by atoms with E-state index in [-0.39, 0.29) is 49.1 Å². The van der Waals surface area contributed by atoms with Gasteiger partial charge in [-0.3, -0.25) is 9.59 Å². The topological polar surface area (TPSA) is 88.3 Å². The highest BCUT2D eigenvalue weighted by Gasteiger charge is 2.31. The average molecular weight is 411 g/mol. The van der Waals surface area contributed by atoms with Gasteiger partial charge in [0, 0.05) is 23.4 Å². The predicted molar refractivity (Wildman–Crippen MR) is 107 cm³/mol. The van der Waals surface area contributed by atoms with Crippen molar-refractivity contribution in [2.24, 2.45) is 17.1 Å². The molecule has 1 aromatic rings. The normalized spacial score (nSPS) is 19.8. The Labute approximate surface area is 165 Å². The fourth-order valence-corrected chi connectivity index (χ4v) is 3.35. The number of carbonyl (C=O) groups is 2. The molecule has 2 amide bonds. The van der Waals surface area contributed by atoms with Gasteiger partial charge in [-0.1, -0.05) is 20.8 Å². The number of thiazole rings is 1. The first-order valence-corrected chi connectivity index (χ1v) is 8.84. The number of rotatable bonds is 4. The molecule has 0 radical (unpaired) electrons. The second-order valence-electron chi connectivity index (χ2n) is 7.26. The van der Waals surface area contributed by atoms with Gasteiger partial charge in [-0.15, -0.1) is 36.2 Å². The Morgan fingerprint density at radius 3 is 2.56 bits per heavy atom. The molecule has 1 aliphatic heterocycles. The first-order valence-electron chi connectivity index (χ1n) is 7.96. The first-order chi connectivity index (χ1) is 10.7. The minimum atomic E-state index is -0.468. The molecule has 9 heteroatoms. The van der Waals surface area contributed by atoms with Crippen molar-refractivity contribution in [3.8, 4) is 0 Å². The zero-order valence-corrected chi connectivity index (χ0v) is 17.5. The van der Waals surface area contributed by atoms with Gasteiger partial charge in [0.05, 0.1) is 12.1 Å². The van der Waals surface area contributed by atoms with Gasteiger partial charge >= 0.3 is 0 Å². The highest BCUT2D eigenvalue weighted by Crippen LogP contribution is 2.24. The molecular weight excluding hydrogens is 383 g/mol. The maximum absolute atomic E-state index is 12.4. The highest BCUT2D eigenvalue weighted by molar-refractivity contribution is 7.13. The Balaban J connectivity index is 0.00000288. The van der Waals surface area contributed by atoms with Gasteiger partial charge in [0.1, 0.15) is 0 Å². The molecule has 0 bridgehead atoms. The Morgan fingerprint density at radius 1 is 1.40 bits per heavy atom. The summed E-state index contributed by atoms with van der Waals surface area (Å²) in [5.41, 5.74) is 5.94. The summed E-state index contributed by atoms with van der Waals surface area (Å²) in [6, 6.07) is 0.231. The summed E-state index contributed by atoms with van der Waals surface area (Å²) in [5.74, 6) is 0.391. The average Bonchev–Trinajstić information content (AvgIpc) is 3.04. The van der Waals surface area contributed by atoms with Gasteiger partial charge in [-0.2, -0.15) is 0 Å². The maximum Gasteiger partial charge on any atom is 0.231 e. The van der Waals surface area contributed by atoms with Gasteiger partial charge in [-0.05, 0) is 25.8 Å². The van der Waals surface area contributed by atoms with Crippen molar-refractivity contribution in [1.29, 1.82) is 0 Å². The molecule has 2 rings (SSSR count). The number of nitrogens with one attached hydrogen (secondary N) is 1. The number of hydrogen-bond donors (Lipinski definition) is 2. The Bertz CT molecular complexity index is 589. The molecule has 1 aliphatic rings. The van der Waals surface area contributed by atoms with Crippen LogP contribution >= 0.6 is 36.2 Å². The summed E-state index contributed by atoms with van der Waals surface area (Å²) < 4.78 is 0. The van der Waals surface area contributed by atoms with Crippen LogP contribution in [0.4, 0.5) is 5.13 Å². The van der Waals surface area contributed by atoms with E-state index >= 15 is 0 Å². The van der Waals surface area contributed by atoms with Crippen molar-refractivity contribution in [2.45, 2.75) is 46.6 Å². The second kappa shape index (κ2) is 9.71. The zero-order valence-electron chi connectivity index (χ0n) is 15.1. The predicted octanol–water partition coefficient (Wildman–Crippen LogP) is 2.71. The molecule has 0 aliphatic carbocycles. The number of nitrogens with two attached hydrogens (primary N) is 1. The highest BCUT2D eigenvalue weighted by atomic mass is 35.5. The Morgan fingerprint density at radius 2 is 2.04 bits per heavy atom. The largest absolute Gasteiger partial charge is 0.339 e. The smallest absolute Gasteiger partial charge is 0.231 e. The van der Waals surface area contributed by atoms with Crippen molar-refractivity contribution in [3.63, 3.8) is 0 Å². The van der Waals surface area contributed by atoms with E-state index in [0.717, 1.165) is 13.0 Å². The minimum Gasteiger partial charge on any atom is -0.339 e. The number of halogens is 2. The summed E-state index contributed by atoms with van der Waals surface area (Å²) in [5, 5.41) is 5.17. The van der Waals surface area contributed by atoms with E-state index in [1.807, 2.05) is 31.1 Å². The van der Waals surface area contributed by atoms with E-state index in [2.05, 4.69) is 17.2 Å². The molecular formula is C16H28Cl2N4O2S. The summed E-state index contributed by atoms with van der Waals surface area (Å²) in [7, 11) is 0. The SMILES string of the molecule is CC1CC(CN)CN1C(=O)Cc1csc(NC(=O)C(C)(C)C)n1.Cl.Cl. The van der Waals surface area contributed by atoms with Crippen molar-refractivity contribution in [1.82, 2.24) is 9.88 Å². The number of aromatic nitrogens is 1. The fourth-order valence-electron chi connectivity index (χ4n) is 2.65. The van der Waals surface area contributed by atoms with E-state index in [1.165, 1.54) is 11.3 Å². The molecule has 0 aromatic carbocycles. The molecule has 1 aromatic heterocycles. The molecule has 0 saturated carbocycles. The van der Waals surface area contributed by atoms with Crippen LogP contribution in [0.3, 0.4) is 0 Å². The number of nitrogens with zero attached hydrogens (tertiary/aromatic N) is 2. The van der Waals surface area contributed by atoms with E-state index in [9.17, 15) is 9.59 Å². The van der Waals surface area contributed by atoms with Crippen LogP contribution in [0, 0.1) is 11.3 Å². The van der Waals surface area contributed by atoms with Gasteiger partial charge in [0.2, 0.25) is 11.8 Å². The van der Waals surface area contributed by atoms with Crippen LogP contribution in [0.25, 0.3) is 0 Å². The minimum absolute atomic E-state index is 0. The lowest BCUT2D eigenvalue weighted by Gasteiger charge is -2.21. The lowest BCUT2D eigenvalue weighted by Crippen LogP contribution is -2.35. The third-order valence-electron chi connectivity index (χ3n) is 4.10. The van der Waals surface area contributed by atoms with Crippen LogP contribution in [0.2, 0.25) is 0 Å². The van der Waals surface area contributed by atoms with Crippen molar-refractivity contribution >= 4 is 53.1 Å². The Hall–Kier alpha value is -0.890. The summed E-state index contributed by atoms with van der Waals surface area (Å²) in [6.45, 7) is 8.96. The lowest BCUT2D eigenvalue weighted by molar-refractivity contribution is -0.131. The van der Waals surface area contributed by atoms with Gasteiger partial charge in [0.25, 0.3) is 0 Å². The lowest BCUT2D eigenvalue weighted by atomic mass is 9.96. The quantitative estimate of drug-likeness (QED) is 0.798. The molecule has 0 spiro atoms. The van der Waals surface area contributed by atoms with Crippen molar-refractivity contribution in [2.75, 3.05) is 18.4 Å². The number of anilines is 1. The van der Waals surface area contributed by atoms with Crippen LogP contribution in [-0.2, 0) is 16.0 Å². The third kappa shape index (κ3) is 6.40. The van der Waals surface area contributed by atoms with E-state index < -0.39 is 5.41 Å². The van der Waals surface area contributed by atoms with Crippen LogP contribution in [0.15, 0.2) is 5.38 Å². The van der Waals surface area contributed by atoms with Crippen molar-refractivity contribution < 1.29 is 9.59 Å². The standard InChI is InChI=1S/C16H26N4O2S.2ClH/c1-10-5-11(7-17)8-20(10)13(21)6-12-9-23-15(18-12)19-14(22)16(2,3)4;;/h9-11H,5-8,17H2,1-4H3,(H,18,19,22);2*1H. The second-order valence-corrected chi connectivity index (χ2v) is 8.12.